The number of aliphatic carboxylic acids is 1. The Hall–Kier alpha value is -2.42. The molecule has 0 amide bonds. The van der Waals surface area contributed by atoms with Crippen LogP contribution in [0.2, 0.25) is 0 Å². The lowest BCUT2D eigenvalue weighted by Crippen LogP contribution is -2.21. The number of nitrogens with two attached hydrogens (primary N) is 1. The normalized spacial score (nSPS) is 20.5. The second-order valence-corrected chi connectivity index (χ2v) is 7.57. The van der Waals surface area contributed by atoms with E-state index in [0.29, 0.717) is 24.3 Å². The van der Waals surface area contributed by atoms with Crippen LogP contribution < -0.4 is 5.73 Å². The molecule has 3 aromatic rings. The summed E-state index contributed by atoms with van der Waals surface area (Å²) < 4.78 is 4.10. The SMILES string of the molecule is Cn1cc(-c2cnn3c(N)c(Br)c(C4CCC(C(=O)O)CC4)nc23)cn1. The third kappa shape index (κ3) is 2.76. The van der Waals surface area contributed by atoms with E-state index in [-0.39, 0.29) is 11.8 Å². The Morgan fingerprint density at radius 3 is 2.62 bits per heavy atom. The van der Waals surface area contributed by atoms with Gasteiger partial charge in [-0.1, -0.05) is 0 Å². The molecule has 1 saturated carbocycles. The van der Waals surface area contributed by atoms with Crippen molar-refractivity contribution in [3.63, 3.8) is 0 Å². The number of aromatic nitrogens is 5. The van der Waals surface area contributed by atoms with E-state index in [1.54, 1.807) is 21.6 Å². The van der Waals surface area contributed by atoms with Gasteiger partial charge in [-0.05, 0) is 41.6 Å². The van der Waals surface area contributed by atoms with Crippen LogP contribution in [-0.2, 0) is 11.8 Å². The molecule has 0 atom stereocenters. The summed E-state index contributed by atoms with van der Waals surface area (Å²) in [4.78, 5) is 16.1. The van der Waals surface area contributed by atoms with Gasteiger partial charge in [0.2, 0.25) is 0 Å². The van der Waals surface area contributed by atoms with Crippen molar-refractivity contribution in [1.82, 2.24) is 24.4 Å². The summed E-state index contributed by atoms with van der Waals surface area (Å²) in [5, 5.41) is 17.8. The number of carboxylic acid groups (broad SMARTS) is 1. The van der Waals surface area contributed by atoms with Crippen LogP contribution in [0.5, 0.6) is 0 Å². The van der Waals surface area contributed by atoms with Crippen LogP contribution >= 0.6 is 15.9 Å². The minimum absolute atomic E-state index is 0.184. The highest BCUT2D eigenvalue weighted by Gasteiger charge is 2.30. The molecule has 136 valence electrons. The van der Waals surface area contributed by atoms with Crippen molar-refractivity contribution < 1.29 is 9.90 Å². The van der Waals surface area contributed by atoms with E-state index in [2.05, 4.69) is 26.1 Å². The van der Waals surface area contributed by atoms with E-state index in [1.165, 1.54) is 0 Å². The molecule has 0 aliphatic heterocycles. The lowest BCUT2D eigenvalue weighted by atomic mass is 9.80. The Morgan fingerprint density at radius 1 is 1.27 bits per heavy atom. The number of hydrogen-bond donors (Lipinski definition) is 2. The maximum absolute atomic E-state index is 11.2. The number of halogens is 1. The van der Waals surface area contributed by atoms with Crippen LogP contribution in [-0.4, -0.2) is 35.5 Å². The first kappa shape index (κ1) is 17.0. The molecule has 0 aromatic carbocycles. The Bertz CT molecular complexity index is 987. The fourth-order valence-electron chi connectivity index (χ4n) is 3.66. The molecule has 26 heavy (non-hydrogen) atoms. The molecular weight excluding hydrogens is 400 g/mol. The summed E-state index contributed by atoms with van der Waals surface area (Å²) in [6.07, 6.45) is 8.32. The standard InChI is InChI=1S/C17H19BrN6O2/c1-23-8-11(6-20-23)12-7-21-24-15(19)13(18)14(22-16(12)24)9-2-4-10(5-3-9)17(25)26/h6-10H,2-5,19H2,1H3,(H,25,26). The number of nitrogens with zero attached hydrogens (tertiary/aromatic N) is 5. The topological polar surface area (TPSA) is 111 Å². The predicted octanol–water partition coefficient (Wildman–Crippen LogP) is 2.83. The average molecular weight is 419 g/mol. The molecule has 0 saturated heterocycles. The van der Waals surface area contributed by atoms with Crippen LogP contribution in [0.4, 0.5) is 5.82 Å². The summed E-state index contributed by atoms with van der Waals surface area (Å²) in [5.41, 5.74) is 9.67. The van der Waals surface area contributed by atoms with Crippen molar-refractivity contribution in [3.8, 4) is 11.1 Å². The van der Waals surface area contributed by atoms with Gasteiger partial charge in [-0.15, -0.1) is 0 Å². The molecule has 4 rings (SSSR count). The highest BCUT2D eigenvalue weighted by Crippen LogP contribution is 2.40. The summed E-state index contributed by atoms with van der Waals surface area (Å²) in [5.74, 6) is -0.281. The van der Waals surface area contributed by atoms with Crippen LogP contribution in [0.15, 0.2) is 23.1 Å². The third-order valence-electron chi connectivity index (χ3n) is 5.13. The van der Waals surface area contributed by atoms with E-state index in [9.17, 15) is 9.90 Å². The number of aryl methyl sites for hydroxylation is 1. The minimum atomic E-state index is -0.708. The van der Waals surface area contributed by atoms with Crippen LogP contribution in [0.1, 0.15) is 37.3 Å². The Balaban J connectivity index is 1.76. The van der Waals surface area contributed by atoms with Gasteiger partial charge < -0.3 is 10.8 Å². The zero-order chi connectivity index (χ0) is 18.4. The van der Waals surface area contributed by atoms with Gasteiger partial charge in [0.05, 0.1) is 28.5 Å². The molecule has 0 radical (unpaired) electrons. The van der Waals surface area contributed by atoms with E-state index in [1.807, 2.05) is 13.2 Å². The maximum Gasteiger partial charge on any atom is 0.306 e. The van der Waals surface area contributed by atoms with Crippen molar-refractivity contribution in [3.05, 3.63) is 28.8 Å². The Labute approximate surface area is 158 Å². The first-order valence-corrected chi connectivity index (χ1v) is 9.29. The Morgan fingerprint density at radius 2 is 2.00 bits per heavy atom. The monoisotopic (exact) mass is 418 g/mol. The van der Waals surface area contributed by atoms with Gasteiger partial charge in [-0.3, -0.25) is 9.48 Å². The molecule has 0 spiro atoms. The zero-order valence-corrected chi connectivity index (χ0v) is 15.8. The van der Waals surface area contributed by atoms with E-state index < -0.39 is 5.97 Å². The lowest BCUT2D eigenvalue weighted by molar-refractivity contribution is -0.142. The summed E-state index contributed by atoms with van der Waals surface area (Å²) in [6.45, 7) is 0. The van der Waals surface area contributed by atoms with Crippen molar-refractivity contribution in [1.29, 1.82) is 0 Å². The molecule has 1 fully saturated rings. The summed E-state index contributed by atoms with van der Waals surface area (Å²) in [7, 11) is 1.86. The van der Waals surface area contributed by atoms with Gasteiger partial charge in [0.25, 0.3) is 0 Å². The largest absolute Gasteiger partial charge is 0.481 e. The molecule has 0 unspecified atom stereocenters. The third-order valence-corrected chi connectivity index (χ3v) is 5.94. The number of anilines is 1. The molecule has 3 aromatic heterocycles. The molecule has 1 aliphatic carbocycles. The second-order valence-electron chi connectivity index (χ2n) is 6.78. The highest BCUT2D eigenvalue weighted by molar-refractivity contribution is 9.10. The first-order chi connectivity index (χ1) is 12.5. The zero-order valence-electron chi connectivity index (χ0n) is 14.3. The van der Waals surface area contributed by atoms with Crippen molar-refractivity contribution in [2.75, 3.05) is 5.73 Å². The predicted molar refractivity (Wildman–Crippen MR) is 99.6 cm³/mol. The van der Waals surface area contributed by atoms with Crippen molar-refractivity contribution in [2.24, 2.45) is 13.0 Å². The number of fused-ring (bicyclic) bond motifs is 1. The van der Waals surface area contributed by atoms with Gasteiger partial charge in [0, 0.05) is 30.3 Å². The molecule has 9 heteroatoms. The quantitative estimate of drug-likeness (QED) is 0.676. The lowest BCUT2D eigenvalue weighted by Gasteiger charge is -2.26. The fraction of sp³-hybridized carbons (Fsp3) is 0.412. The van der Waals surface area contributed by atoms with Crippen molar-refractivity contribution in [2.45, 2.75) is 31.6 Å². The molecule has 1 aliphatic rings. The smallest absolute Gasteiger partial charge is 0.306 e. The van der Waals surface area contributed by atoms with Crippen LogP contribution in [0.3, 0.4) is 0 Å². The van der Waals surface area contributed by atoms with Gasteiger partial charge in [0.1, 0.15) is 5.82 Å². The Kier molecular flexibility index (Phi) is 4.18. The summed E-state index contributed by atoms with van der Waals surface area (Å²) >= 11 is 3.57. The van der Waals surface area contributed by atoms with Crippen LogP contribution in [0, 0.1) is 5.92 Å². The van der Waals surface area contributed by atoms with Gasteiger partial charge in [0.15, 0.2) is 5.65 Å². The first-order valence-electron chi connectivity index (χ1n) is 8.50. The molecule has 0 bridgehead atoms. The van der Waals surface area contributed by atoms with Gasteiger partial charge in [-0.25, -0.2) is 4.98 Å². The number of hydrogen-bond acceptors (Lipinski definition) is 5. The number of rotatable bonds is 3. The van der Waals surface area contributed by atoms with Crippen LogP contribution in [0.25, 0.3) is 16.8 Å². The minimum Gasteiger partial charge on any atom is -0.481 e. The summed E-state index contributed by atoms with van der Waals surface area (Å²) in [6, 6.07) is 0. The van der Waals surface area contributed by atoms with E-state index >= 15 is 0 Å². The fourth-order valence-corrected chi connectivity index (χ4v) is 4.24. The van der Waals surface area contributed by atoms with E-state index in [0.717, 1.165) is 34.1 Å². The van der Waals surface area contributed by atoms with Gasteiger partial charge in [-0.2, -0.15) is 14.7 Å². The second kappa shape index (κ2) is 6.39. The van der Waals surface area contributed by atoms with E-state index in [4.69, 9.17) is 10.7 Å². The molecule has 3 heterocycles. The molecule has 3 N–H and O–H groups in total. The average Bonchev–Trinajstić information content (AvgIpc) is 3.24. The van der Waals surface area contributed by atoms with Crippen molar-refractivity contribution >= 4 is 33.4 Å². The number of carbonyl (C=O) groups is 1. The van der Waals surface area contributed by atoms with Gasteiger partial charge >= 0.3 is 5.97 Å². The molecule has 8 nitrogen and oxygen atoms in total. The molecular formula is C17H19BrN6O2. The maximum atomic E-state index is 11.2. The number of carboxylic acids is 1. The number of nitrogen functional groups attached to an aromatic ring is 1. The highest BCUT2D eigenvalue weighted by atomic mass is 79.9.